The second kappa shape index (κ2) is 7.77. The predicted molar refractivity (Wildman–Crippen MR) is 115 cm³/mol. The summed E-state index contributed by atoms with van der Waals surface area (Å²) in [5.74, 6) is 0.387. The predicted octanol–water partition coefficient (Wildman–Crippen LogP) is 1.11. The van der Waals surface area contributed by atoms with Crippen LogP contribution < -0.4 is 9.80 Å². The van der Waals surface area contributed by atoms with Gasteiger partial charge in [-0.1, -0.05) is 16.8 Å². The third kappa shape index (κ3) is 3.56. The first-order chi connectivity index (χ1) is 15.0. The van der Waals surface area contributed by atoms with E-state index in [1.165, 1.54) is 6.33 Å². The van der Waals surface area contributed by atoms with Crippen molar-refractivity contribution in [2.75, 3.05) is 42.5 Å². The van der Waals surface area contributed by atoms with Crippen molar-refractivity contribution in [3.05, 3.63) is 35.6 Å². The maximum absolute atomic E-state index is 13.1. The van der Waals surface area contributed by atoms with Crippen LogP contribution in [0, 0.1) is 5.92 Å². The van der Waals surface area contributed by atoms with Crippen molar-refractivity contribution in [1.82, 2.24) is 29.9 Å². The molecule has 10 nitrogen and oxygen atoms in total. The number of anilines is 2. The van der Waals surface area contributed by atoms with Gasteiger partial charge < -0.3 is 14.7 Å². The van der Waals surface area contributed by atoms with Gasteiger partial charge in [-0.15, -0.1) is 5.10 Å². The average Bonchev–Trinajstić information content (AvgIpc) is 3.37. The van der Waals surface area contributed by atoms with E-state index in [9.17, 15) is 9.59 Å². The van der Waals surface area contributed by atoms with E-state index in [0.29, 0.717) is 48.9 Å². The first-order valence-corrected chi connectivity index (χ1v) is 10.5. The van der Waals surface area contributed by atoms with E-state index >= 15 is 0 Å². The van der Waals surface area contributed by atoms with Gasteiger partial charge in [-0.25, -0.2) is 14.6 Å². The molecule has 0 radical (unpaired) electrons. The maximum Gasteiger partial charge on any atom is 0.228 e. The van der Waals surface area contributed by atoms with E-state index in [1.54, 1.807) is 40.9 Å². The summed E-state index contributed by atoms with van der Waals surface area (Å²) in [5, 5.41) is 8.81. The van der Waals surface area contributed by atoms with E-state index in [-0.39, 0.29) is 24.2 Å². The smallest absolute Gasteiger partial charge is 0.228 e. The van der Waals surface area contributed by atoms with Crippen LogP contribution in [0.15, 0.2) is 30.6 Å². The Balaban J connectivity index is 1.24. The number of hydrogen-bond donors (Lipinski definition) is 0. The molecule has 0 saturated carbocycles. The van der Waals surface area contributed by atoms with Crippen LogP contribution in [0.25, 0.3) is 11.2 Å². The molecule has 2 aromatic heterocycles. The van der Waals surface area contributed by atoms with E-state index in [0.717, 1.165) is 11.5 Å². The molecule has 31 heavy (non-hydrogen) atoms. The molecular formula is C20H21ClN8O2. The number of fused-ring (bicyclic) bond motifs is 1. The standard InChI is InChI=1S/C20H21ClN8O2/c1-26-18-17(24-25-26)19(23-12-22-18)27-6-8-28(9-7-27)20(31)13-10-16(30)29(11-13)15-4-2-14(21)3-5-15/h2-5,12-13H,6-11H2,1H3. The Bertz CT molecular complexity index is 1140. The first kappa shape index (κ1) is 19.7. The molecule has 0 spiro atoms. The summed E-state index contributed by atoms with van der Waals surface area (Å²) in [5.41, 5.74) is 2.10. The van der Waals surface area contributed by atoms with E-state index in [2.05, 4.69) is 25.2 Å². The van der Waals surface area contributed by atoms with Crippen molar-refractivity contribution in [2.24, 2.45) is 13.0 Å². The van der Waals surface area contributed by atoms with Crippen LogP contribution in [0.2, 0.25) is 5.02 Å². The number of piperazine rings is 1. The number of carbonyl (C=O) groups excluding carboxylic acids is 2. The van der Waals surface area contributed by atoms with Gasteiger partial charge in [-0.05, 0) is 24.3 Å². The molecule has 160 valence electrons. The molecule has 2 amide bonds. The molecular weight excluding hydrogens is 420 g/mol. The third-order valence-electron chi connectivity index (χ3n) is 5.87. The number of amides is 2. The van der Waals surface area contributed by atoms with Gasteiger partial charge in [0.1, 0.15) is 6.33 Å². The lowest BCUT2D eigenvalue weighted by Crippen LogP contribution is -2.51. The Labute approximate surface area is 183 Å². The lowest BCUT2D eigenvalue weighted by Gasteiger charge is -2.36. The fourth-order valence-electron chi connectivity index (χ4n) is 4.21. The number of aromatic nitrogens is 5. The molecule has 4 heterocycles. The Morgan fingerprint density at radius 2 is 1.84 bits per heavy atom. The summed E-state index contributed by atoms with van der Waals surface area (Å²) in [6, 6.07) is 7.11. The second-order valence-corrected chi connectivity index (χ2v) is 8.21. The van der Waals surface area contributed by atoms with Gasteiger partial charge in [0.25, 0.3) is 0 Å². The number of aryl methyl sites for hydroxylation is 1. The van der Waals surface area contributed by atoms with Crippen molar-refractivity contribution >= 4 is 46.1 Å². The molecule has 3 aromatic rings. The van der Waals surface area contributed by atoms with Gasteiger partial charge in [0.05, 0.1) is 5.92 Å². The summed E-state index contributed by atoms with van der Waals surface area (Å²) in [6.07, 6.45) is 1.74. The van der Waals surface area contributed by atoms with Crippen molar-refractivity contribution in [1.29, 1.82) is 0 Å². The molecule has 0 bridgehead atoms. The molecule has 1 atom stereocenters. The van der Waals surface area contributed by atoms with Crippen LogP contribution >= 0.6 is 11.6 Å². The van der Waals surface area contributed by atoms with Gasteiger partial charge >= 0.3 is 0 Å². The van der Waals surface area contributed by atoms with Gasteiger partial charge in [0.2, 0.25) is 11.8 Å². The topological polar surface area (TPSA) is 100 Å². The van der Waals surface area contributed by atoms with Crippen molar-refractivity contribution in [3.63, 3.8) is 0 Å². The maximum atomic E-state index is 13.1. The quantitative estimate of drug-likeness (QED) is 0.601. The molecule has 1 unspecified atom stereocenters. The number of nitrogens with zero attached hydrogens (tertiary/aromatic N) is 8. The van der Waals surface area contributed by atoms with Crippen molar-refractivity contribution in [3.8, 4) is 0 Å². The van der Waals surface area contributed by atoms with Crippen LogP contribution in [0.5, 0.6) is 0 Å². The lowest BCUT2D eigenvalue weighted by atomic mass is 10.1. The van der Waals surface area contributed by atoms with Crippen molar-refractivity contribution < 1.29 is 9.59 Å². The fraction of sp³-hybridized carbons (Fsp3) is 0.400. The van der Waals surface area contributed by atoms with Crippen molar-refractivity contribution in [2.45, 2.75) is 6.42 Å². The summed E-state index contributed by atoms with van der Waals surface area (Å²) >= 11 is 5.94. The normalized spacial score (nSPS) is 19.5. The SMILES string of the molecule is Cn1nnc2c(N3CCN(C(=O)C4CC(=O)N(c5ccc(Cl)cc5)C4)CC3)ncnc21. The molecule has 5 rings (SSSR count). The summed E-state index contributed by atoms with van der Waals surface area (Å²) < 4.78 is 1.61. The Morgan fingerprint density at radius 1 is 1.10 bits per heavy atom. The third-order valence-corrected chi connectivity index (χ3v) is 6.12. The monoisotopic (exact) mass is 440 g/mol. The highest BCUT2D eigenvalue weighted by Crippen LogP contribution is 2.28. The minimum atomic E-state index is -0.333. The Morgan fingerprint density at radius 3 is 2.58 bits per heavy atom. The molecule has 1 aromatic carbocycles. The Hall–Kier alpha value is -3.27. The van der Waals surface area contributed by atoms with E-state index < -0.39 is 0 Å². The highest BCUT2D eigenvalue weighted by atomic mass is 35.5. The number of hydrogen-bond acceptors (Lipinski definition) is 7. The van der Waals surface area contributed by atoms with E-state index in [4.69, 9.17) is 11.6 Å². The van der Waals surface area contributed by atoms with Crippen LogP contribution in [-0.4, -0.2) is 74.4 Å². The summed E-state index contributed by atoms with van der Waals surface area (Å²) in [7, 11) is 1.79. The van der Waals surface area contributed by atoms with Crippen LogP contribution in [-0.2, 0) is 16.6 Å². The molecule has 11 heteroatoms. The van der Waals surface area contributed by atoms with Crippen LogP contribution in [0.1, 0.15) is 6.42 Å². The Kier molecular flexibility index (Phi) is 4.93. The zero-order valence-corrected chi connectivity index (χ0v) is 17.7. The lowest BCUT2D eigenvalue weighted by molar-refractivity contribution is -0.136. The van der Waals surface area contributed by atoms with Gasteiger partial charge in [0, 0.05) is 56.9 Å². The first-order valence-electron chi connectivity index (χ1n) is 10.1. The molecule has 2 aliphatic rings. The number of rotatable bonds is 3. The zero-order chi connectivity index (χ0) is 21.5. The number of carbonyl (C=O) groups is 2. The zero-order valence-electron chi connectivity index (χ0n) is 17.0. The largest absolute Gasteiger partial charge is 0.351 e. The summed E-state index contributed by atoms with van der Waals surface area (Å²) in [4.78, 5) is 39.8. The number of halogens is 1. The van der Waals surface area contributed by atoms with Gasteiger partial charge in [-0.2, -0.15) is 0 Å². The number of benzene rings is 1. The fourth-order valence-corrected chi connectivity index (χ4v) is 4.34. The minimum Gasteiger partial charge on any atom is -0.351 e. The van der Waals surface area contributed by atoms with Gasteiger partial charge in [-0.3, -0.25) is 9.59 Å². The average molecular weight is 441 g/mol. The molecule has 0 aliphatic carbocycles. The molecule has 0 N–H and O–H groups in total. The highest BCUT2D eigenvalue weighted by molar-refractivity contribution is 6.30. The second-order valence-electron chi connectivity index (χ2n) is 7.78. The minimum absolute atomic E-state index is 0.0248. The molecule has 2 fully saturated rings. The van der Waals surface area contributed by atoms with E-state index in [1.807, 2.05) is 4.90 Å². The van der Waals surface area contributed by atoms with Crippen LogP contribution in [0.3, 0.4) is 0 Å². The van der Waals surface area contributed by atoms with Gasteiger partial charge in [0.15, 0.2) is 17.0 Å². The molecule has 2 aliphatic heterocycles. The molecule has 2 saturated heterocycles. The van der Waals surface area contributed by atoms with Crippen LogP contribution in [0.4, 0.5) is 11.5 Å². The highest BCUT2D eigenvalue weighted by Gasteiger charge is 2.38. The summed E-state index contributed by atoms with van der Waals surface area (Å²) in [6.45, 7) is 2.80.